The maximum Gasteiger partial charge on any atom is 0.408 e. The van der Waals surface area contributed by atoms with Crippen LogP contribution in [-0.2, 0) is 19.0 Å². The molecule has 0 spiro atoms. The molecule has 1 aromatic rings. The average Bonchev–Trinajstić information content (AvgIpc) is 2.47. The van der Waals surface area contributed by atoms with Gasteiger partial charge in [0.25, 0.3) is 0 Å². The molecule has 2 rings (SSSR count). The zero-order chi connectivity index (χ0) is 18.0. The van der Waals surface area contributed by atoms with E-state index in [4.69, 9.17) is 14.2 Å². The standard InChI is InChI=1S/C18H25NO5/c1-17(2,3)24-16(21)19-14(12-9-7-6-8-10-12)15-13(20)11-22-18(4,5)23-15/h6-10,14-15H,11H2,1-5H3,(H,19,21)/t14-,15-/m1/s1. The summed E-state index contributed by atoms with van der Waals surface area (Å²) in [4.78, 5) is 24.5. The molecule has 1 fully saturated rings. The number of nitrogens with one attached hydrogen (secondary N) is 1. The van der Waals surface area contributed by atoms with E-state index in [9.17, 15) is 9.59 Å². The molecule has 1 aliphatic heterocycles. The monoisotopic (exact) mass is 335 g/mol. The number of ether oxygens (including phenoxy) is 3. The Balaban J connectivity index is 2.26. The van der Waals surface area contributed by atoms with Crippen LogP contribution in [0, 0.1) is 0 Å². The highest BCUT2D eigenvalue weighted by Crippen LogP contribution is 2.29. The Bertz CT molecular complexity index is 591. The fraction of sp³-hybridized carbons (Fsp3) is 0.556. The van der Waals surface area contributed by atoms with Crippen molar-refractivity contribution < 1.29 is 23.8 Å². The number of rotatable bonds is 3. The summed E-state index contributed by atoms with van der Waals surface area (Å²) >= 11 is 0. The van der Waals surface area contributed by atoms with Crippen molar-refractivity contribution in [2.75, 3.05) is 6.61 Å². The van der Waals surface area contributed by atoms with E-state index in [0.717, 1.165) is 5.56 Å². The lowest BCUT2D eigenvalue weighted by atomic mass is 9.97. The maximum absolute atomic E-state index is 12.3. The van der Waals surface area contributed by atoms with Gasteiger partial charge in [0.2, 0.25) is 0 Å². The molecule has 1 heterocycles. The summed E-state index contributed by atoms with van der Waals surface area (Å²) in [5.41, 5.74) is 0.130. The third-order valence-electron chi connectivity index (χ3n) is 3.42. The third-order valence-corrected chi connectivity index (χ3v) is 3.42. The number of ketones is 1. The number of hydrogen-bond acceptors (Lipinski definition) is 5. The van der Waals surface area contributed by atoms with Gasteiger partial charge in [0, 0.05) is 0 Å². The van der Waals surface area contributed by atoms with Crippen LogP contribution in [0.15, 0.2) is 30.3 Å². The summed E-state index contributed by atoms with van der Waals surface area (Å²) in [7, 11) is 0. The second-order valence-electron chi connectivity index (χ2n) is 7.23. The topological polar surface area (TPSA) is 73.9 Å². The summed E-state index contributed by atoms with van der Waals surface area (Å²) in [6, 6.07) is 8.56. The molecule has 1 N–H and O–H groups in total. The molecule has 6 nitrogen and oxygen atoms in total. The Morgan fingerprint density at radius 3 is 2.50 bits per heavy atom. The van der Waals surface area contributed by atoms with E-state index < -0.39 is 29.6 Å². The number of amides is 1. The van der Waals surface area contributed by atoms with Gasteiger partial charge in [-0.25, -0.2) is 4.79 Å². The van der Waals surface area contributed by atoms with Gasteiger partial charge in [0.1, 0.15) is 18.3 Å². The fourth-order valence-corrected chi connectivity index (χ4v) is 2.42. The van der Waals surface area contributed by atoms with Gasteiger partial charge in [0.05, 0.1) is 6.04 Å². The van der Waals surface area contributed by atoms with Crippen molar-refractivity contribution in [1.29, 1.82) is 0 Å². The Labute approximate surface area is 142 Å². The number of carbonyl (C=O) groups excluding carboxylic acids is 2. The van der Waals surface area contributed by atoms with Gasteiger partial charge in [-0.05, 0) is 40.2 Å². The van der Waals surface area contributed by atoms with Crippen LogP contribution in [0.2, 0.25) is 0 Å². The minimum atomic E-state index is -0.902. The second kappa shape index (κ2) is 6.91. The quantitative estimate of drug-likeness (QED) is 0.919. The van der Waals surface area contributed by atoms with E-state index >= 15 is 0 Å². The number of alkyl carbamates (subject to hydrolysis) is 1. The van der Waals surface area contributed by atoms with Crippen molar-refractivity contribution in [1.82, 2.24) is 5.32 Å². The number of carbonyl (C=O) groups is 2. The molecule has 132 valence electrons. The zero-order valence-corrected chi connectivity index (χ0v) is 14.8. The Morgan fingerprint density at radius 1 is 1.29 bits per heavy atom. The average molecular weight is 335 g/mol. The van der Waals surface area contributed by atoms with Crippen molar-refractivity contribution in [2.24, 2.45) is 0 Å². The summed E-state index contributed by atoms with van der Waals surface area (Å²) < 4.78 is 16.5. The van der Waals surface area contributed by atoms with E-state index in [-0.39, 0.29) is 12.4 Å². The second-order valence-corrected chi connectivity index (χ2v) is 7.23. The first-order chi connectivity index (χ1) is 11.1. The maximum atomic E-state index is 12.3. The molecule has 1 saturated heterocycles. The number of benzene rings is 1. The number of hydrogen-bond donors (Lipinski definition) is 1. The van der Waals surface area contributed by atoms with E-state index in [1.54, 1.807) is 34.6 Å². The fourth-order valence-electron chi connectivity index (χ4n) is 2.42. The van der Waals surface area contributed by atoms with Gasteiger partial charge < -0.3 is 19.5 Å². The highest BCUT2D eigenvalue weighted by atomic mass is 16.7. The van der Waals surface area contributed by atoms with Crippen molar-refractivity contribution in [3.63, 3.8) is 0 Å². The smallest absolute Gasteiger partial charge is 0.408 e. The minimum Gasteiger partial charge on any atom is -0.444 e. The molecule has 24 heavy (non-hydrogen) atoms. The molecule has 0 radical (unpaired) electrons. The molecule has 1 aromatic carbocycles. The number of Topliss-reactive ketones (excluding diaryl/α,β-unsaturated/α-hetero) is 1. The van der Waals surface area contributed by atoms with Gasteiger partial charge in [-0.3, -0.25) is 4.79 Å². The molecule has 1 amide bonds. The molecule has 0 unspecified atom stereocenters. The molecule has 2 atom stereocenters. The van der Waals surface area contributed by atoms with E-state index in [0.29, 0.717) is 0 Å². The Kier molecular flexibility index (Phi) is 5.30. The highest BCUT2D eigenvalue weighted by molar-refractivity contribution is 5.86. The lowest BCUT2D eigenvalue weighted by Crippen LogP contribution is -2.52. The normalized spacial score (nSPS) is 21.9. The summed E-state index contributed by atoms with van der Waals surface area (Å²) in [6.45, 7) is 8.76. The zero-order valence-electron chi connectivity index (χ0n) is 14.8. The van der Waals surface area contributed by atoms with Gasteiger partial charge in [-0.2, -0.15) is 0 Å². The van der Waals surface area contributed by atoms with Crippen LogP contribution in [0.4, 0.5) is 4.79 Å². The molecule has 0 saturated carbocycles. The van der Waals surface area contributed by atoms with Crippen LogP contribution in [0.25, 0.3) is 0 Å². The molecular weight excluding hydrogens is 310 g/mol. The largest absolute Gasteiger partial charge is 0.444 e. The predicted molar refractivity (Wildman–Crippen MR) is 88.5 cm³/mol. The summed E-state index contributed by atoms with van der Waals surface area (Å²) in [5, 5.41) is 2.77. The molecular formula is C18H25NO5. The summed E-state index contributed by atoms with van der Waals surface area (Å²) in [6.07, 6.45) is -1.44. The van der Waals surface area contributed by atoms with E-state index in [2.05, 4.69) is 5.32 Å². The lowest BCUT2D eigenvalue weighted by Gasteiger charge is -2.38. The Hall–Kier alpha value is -1.92. The molecule has 6 heteroatoms. The van der Waals surface area contributed by atoms with Crippen molar-refractivity contribution >= 4 is 11.9 Å². The first-order valence-corrected chi connectivity index (χ1v) is 7.96. The van der Waals surface area contributed by atoms with Gasteiger partial charge in [-0.1, -0.05) is 30.3 Å². The van der Waals surface area contributed by atoms with Crippen molar-refractivity contribution in [2.45, 2.75) is 58.2 Å². The van der Waals surface area contributed by atoms with E-state index in [1.807, 2.05) is 30.3 Å². The minimum absolute atomic E-state index is 0.0585. The van der Waals surface area contributed by atoms with Crippen LogP contribution in [-0.4, -0.2) is 36.0 Å². The third kappa shape index (κ3) is 5.04. The SMILES string of the molecule is CC(C)(C)OC(=O)N[C@H](c1ccccc1)[C@@H]1OC(C)(C)OCC1=O. The van der Waals surface area contributed by atoms with Gasteiger partial charge >= 0.3 is 6.09 Å². The van der Waals surface area contributed by atoms with Crippen LogP contribution in [0.3, 0.4) is 0 Å². The predicted octanol–water partition coefficient (Wildman–Crippen LogP) is 2.97. The first kappa shape index (κ1) is 18.4. The molecule has 0 aliphatic carbocycles. The Morgan fingerprint density at radius 2 is 1.92 bits per heavy atom. The van der Waals surface area contributed by atoms with Crippen molar-refractivity contribution in [3.8, 4) is 0 Å². The van der Waals surface area contributed by atoms with Crippen molar-refractivity contribution in [3.05, 3.63) is 35.9 Å². The van der Waals surface area contributed by atoms with Gasteiger partial charge in [-0.15, -0.1) is 0 Å². The molecule has 0 bridgehead atoms. The van der Waals surface area contributed by atoms with Crippen LogP contribution in [0.1, 0.15) is 46.2 Å². The van der Waals surface area contributed by atoms with E-state index in [1.165, 1.54) is 0 Å². The van der Waals surface area contributed by atoms with Crippen LogP contribution >= 0.6 is 0 Å². The molecule has 0 aromatic heterocycles. The van der Waals surface area contributed by atoms with Crippen LogP contribution < -0.4 is 5.32 Å². The van der Waals surface area contributed by atoms with Crippen LogP contribution in [0.5, 0.6) is 0 Å². The summed E-state index contributed by atoms with van der Waals surface area (Å²) in [5.74, 6) is -1.12. The van der Waals surface area contributed by atoms with Gasteiger partial charge in [0.15, 0.2) is 11.6 Å². The molecule has 1 aliphatic rings. The highest BCUT2D eigenvalue weighted by Gasteiger charge is 2.41. The lowest BCUT2D eigenvalue weighted by molar-refractivity contribution is -0.262. The first-order valence-electron chi connectivity index (χ1n) is 7.96.